The van der Waals surface area contributed by atoms with E-state index in [9.17, 15) is 13.2 Å². The first kappa shape index (κ1) is 29.5. The number of aryl methyl sites for hydroxylation is 1. The smallest absolute Gasteiger partial charge is 0.271 e. The van der Waals surface area contributed by atoms with Crippen LogP contribution >= 0.6 is 11.6 Å². The van der Waals surface area contributed by atoms with Crippen molar-refractivity contribution in [3.05, 3.63) is 130 Å². The second-order valence-corrected chi connectivity index (χ2v) is 12.6. The van der Waals surface area contributed by atoms with Gasteiger partial charge in [0.2, 0.25) is 0 Å². The highest BCUT2D eigenvalue weighted by molar-refractivity contribution is 7.92. The highest BCUT2D eigenvalue weighted by atomic mass is 35.5. The quantitative estimate of drug-likeness (QED) is 0.225. The molecule has 42 heavy (non-hydrogen) atoms. The molecular weight excluding hydrogens is 568 g/mol. The van der Waals surface area contributed by atoms with Gasteiger partial charge < -0.3 is 0 Å². The minimum Gasteiger partial charge on any atom is -0.298 e. The summed E-state index contributed by atoms with van der Waals surface area (Å²) in [5.41, 5.74) is 7.40. The Morgan fingerprint density at radius 2 is 1.52 bits per heavy atom. The van der Waals surface area contributed by atoms with Crippen molar-refractivity contribution in [1.82, 2.24) is 10.3 Å². The van der Waals surface area contributed by atoms with Crippen molar-refractivity contribution in [1.29, 1.82) is 0 Å². The molecule has 0 saturated carbocycles. The van der Waals surface area contributed by atoms with Crippen molar-refractivity contribution in [3.63, 3.8) is 0 Å². The molecule has 7 nitrogen and oxygen atoms in total. The summed E-state index contributed by atoms with van der Waals surface area (Å²) in [6.07, 6.45) is 1.61. The van der Waals surface area contributed by atoms with Gasteiger partial charge in [-0.05, 0) is 60.0 Å². The Labute approximate surface area is 252 Å². The van der Waals surface area contributed by atoms with E-state index in [2.05, 4.69) is 39.7 Å². The van der Waals surface area contributed by atoms with Crippen molar-refractivity contribution >= 4 is 38.9 Å². The fourth-order valence-electron chi connectivity index (χ4n) is 4.91. The molecule has 1 saturated heterocycles. The molecule has 1 aliphatic rings. The fourth-order valence-corrected chi connectivity index (χ4v) is 6.61. The Kier molecular flexibility index (Phi) is 9.37. The second kappa shape index (κ2) is 13.3. The summed E-state index contributed by atoms with van der Waals surface area (Å²) in [6, 6.07) is 30.8. The van der Waals surface area contributed by atoms with Crippen LogP contribution in [0.25, 0.3) is 0 Å². The number of anilines is 1. The summed E-state index contributed by atoms with van der Waals surface area (Å²) in [4.78, 5) is 15.4. The number of hydrogen-bond donors (Lipinski definition) is 1. The monoisotopic (exact) mass is 600 g/mol. The average molecular weight is 601 g/mol. The van der Waals surface area contributed by atoms with Gasteiger partial charge in [-0.25, -0.2) is 13.8 Å². The maximum absolute atomic E-state index is 13.7. The Balaban J connectivity index is 1.25. The maximum Gasteiger partial charge on any atom is 0.271 e. The van der Waals surface area contributed by atoms with Gasteiger partial charge in [-0.3, -0.25) is 14.0 Å². The average Bonchev–Trinajstić information content (AvgIpc) is 3.02. The van der Waals surface area contributed by atoms with E-state index in [0.29, 0.717) is 16.3 Å². The van der Waals surface area contributed by atoms with Crippen LogP contribution in [0, 0.1) is 6.92 Å². The molecule has 0 unspecified atom stereocenters. The molecule has 1 aliphatic heterocycles. The first-order valence-electron chi connectivity index (χ1n) is 13.8. The number of halogens is 1. The molecule has 0 radical (unpaired) electrons. The van der Waals surface area contributed by atoms with E-state index in [0.717, 1.165) is 49.3 Å². The molecule has 1 amide bonds. The predicted molar refractivity (Wildman–Crippen MR) is 168 cm³/mol. The minimum atomic E-state index is -3.89. The van der Waals surface area contributed by atoms with Crippen molar-refractivity contribution < 1.29 is 13.2 Å². The van der Waals surface area contributed by atoms with Gasteiger partial charge in [0, 0.05) is 48.8 Å². The first-order chi connectivity index (χ1) is 20.3. The fraction of sp³-hybridized carbons (Fsp3) is 0.212. The molecule has 4 aromatic carbocycles. The van der Waals surface area contributed by atoms with E-state index in [4.69, 9.17) is 11.6 Å². The van der Waals surface area contributed by atoms with E-state index in [1.54, 1.807) is 72.8 Å². The zero-order valence-corrected chi connectivity index (χ0v) is 25.0. The van der Waals surface area contributed by atoms with Gasteiger partial charge in [0.25, 0.3) is 15.9 Å². The molecule has 9 heteroatoms. The van der Waals surface area contributed by atoms with Gasteiger partial charge in [-0.1, -0.05) is 78.3 Å². The number of carbonyl (C=O) groups excluding carboxylic acids is 1. The number of sulfonamides is 1. The van der Waals surface area contributed by atoms with Gasteiger partial charge in [-0.2, -0.15) is 5.10 Å². The largest absolute Gasteiger partial charge is 0.298 e. The molecule has 5 rings (SSSR count). The Morgan fingerprint density at radius 3 is 2.19 bits per heavy atom. The lowest BCUT2D eigenvalue weighted by Crippen LogP contribution is -2.34. The van der Waals surface area contributed by atoms with Gasteiger partial charge in [0.05, 0.1) is 17.1 Å². The summed E-state index contributed by atoms with van der Waals surface area (Å²) >= 11 is 6.26. The van der Waals surface area contributed by atoms with Gasteiger partial charge in [-0.15, -0.1) is 0 Å². The van der Waals surface area contributed by atoms with Crippen molar-refractivity contribution in [2.45, 2.75) is 37.8 Å². The highest BCUT2D eigenvalue weighted by Crippen LogP contribution is 2.31. The summed E-state index contributed by atoms with van der Waals surface area (Å²) < 4.78 is 28.8. The molecule has 1 N–H and O–H groups in total. The number of hydrazone groups is 1. The summed E-state index contributed by atoms with van der Waals surface area (Å²) in [5.74, 6) is -0.305. The maximum atomic E-state index is 13.7. The molecule has 4 aromatic rings. The highest BCUT2D eigenvalue weighted by Gasteiger charge is 2.26. The molecule has 0 aliphatic carbocycles. The summed E-state index contributed by atoms with van der Waals surface area (Å²) in [6.45, 7) is 4.62. The third kappa shape index (κ3) is 7.26. The molecule has 216 valence electrons. The molecular formula is C33H33ClN4O3S. The van der Waals surface area contributed by atoms with E-state index < -0.39 is 10.0 Å². The van der Waals surface area contributed by atoms with E-state index in [-0.39, 0.29) is 17.3 Å². The Bertz CT molecular complexity index is 1650. The number of carbonyl (C=O) groups is 1. The van der Waals surface area contributed by atoms with Crippen LogP contribution in [-0.4, -0.2) is 38.0 Å². The van der Waals surface area contributed by atoms with Crippen LogP contribution in [0.3, 0.4) is 0 Å². The zero-order valence-electron chi connectivity index (χ0n) is 23.4. The zero-order chi connectivity index (χ0) is 29.5. The van der Waals surface area contributed by atoms with E-state index >= 15 is 0 Å². The molecule has 0 atom stereocenters. The van der Waals surface area contributed by atoms with Crippen LogP contribution < -0.4 is 9.73 Å². The van der Waals surface area contributed by atoms with Crippen molar-refractivity contribution in [2.24, 2.45) is 5.10 Å². The number of hydrogen-bond acceptors (Lipinski definition) is 5. The first-order valence-corrected chi connectivity index (χ1v) is 15.7. The normalized spacial score (nSPS) is 13.9. The third-order valence-electron chi connectivity index (χ3n) is 7.31. The lowest BCUT2D eigenvalue weighted by atomic mass is 10.1. The second-order valence-electron chi connectivity index (χ2n) is 10.3. The molecule has 0 spiro atoms. The number of nitrogens with zero attached hydrogens (tertiary/aromatic N) is 3. The molecule has 1 heterocycles. The van der Waals surface area contributed by atoms with Gasteiger partial charge >= 0.3 is 0 Å². The van der Waals surface area contributed by atoms with Crippen LogP contribution in [0.2, 0.25) is 5.02 Å². The van der Waals surface area contributed by atoms with Crippen LogP contribution in [0.1, 0.15) is 39.9 Å². The van der Waals surface area contributed by atoms with E-state index in [1.807, 2.05) is 13.0 Å². The molecule has 0 aromatic heterocycles. The number of nitrogens with one attached hydrogen (secondary N) is 1. The van der Waals surface area contributed by atoms with Gasteiger partial charge in [0.15, 0.2) is 0 Å². The molecule has 0 bridgehead atoms. The lowest BCUT2D eigenvalue weighted by Gasteiger charge is -2.27. The number of amides is 1. The van der Waals surface area contributed by atoms with E-state index in [1.165, 1.54) is 9.87 Å². The number of rotatable bonds is 9. The number of likely N-dealkylation sites (tertiary alicyclic amines) is 1. The van der Waals surface area contributed by atoms with Crippen LogP contribution in [0.5, 0.6) is 0 Å². The molecule has 1 fully saturated rings. The Hall–Kier alpha value is -3.98. The standard InChI is InChI=1S/C33H33ClN4O3S/c1-25-12-17-29(34)22-32(25)38(42(40,41)31-10-6-3-7-11-31)24-27-13-15-28(16-14-27)33(39)36-35-30-18-20-37(21-19-30)23-26-8-4-2-5-9-26/h2-17,22H,18-21,23-24H2,1H3,(H,36,39). The topological polar surface area (TPSA) is 82.1 Å². The van der Waals surface area contributed by atoms with Crippen molar-refractivity contribution in [2.75, 3.05) is 17.4 Å². The van der Waals surface area contributed by atoms with Crippen LogP contribution in [0.4, 0.5) is 5.69 Å². The number of piperidine rings is 1. The summed E-state index contributed by atoms with van der Waals surface area (Å²) in [7, 11) is -3.89. The van der Waals surface area contributed by atoms with Crippen LogP contribution in [0.15, 0.2) is 113 Å². The SMILES string of the molecule is Cc1ccc(Cl)cc1N(Cc1ccc(C(=O)NN=C2CCN(Cc3ccccc3)CC2)cc1)S(=O)(=O)c1ccccc1. The summed E-state index contributed by atoms with van der Waals surface area (Å²) in [5, 5.41) is 4.83. The predicted octanol–water partition coefficient (Wildman–Crippen LogP) is 6.43. The van der Waals surface area contributed by atoms with Gasteiger partial charge in [0.1, 0.15) is 0 Å². The lowest BCUT2D eigenvalue weighted by molar-refractivity contribution is 0.0954. The Morgan fingerprint density at radius 1 is 0.881 bits per heavy atom. The van der Waals surface area contributed by atoms with Crippen molar-refractivity contribution in [3.8, 4) is 0 Å². The van der Waals surface area contributed by atoms with Crippen LogP contribution in [-0.2, 0) is 23.1 Å². The minimum absolute atomic E-state index is 0.0715. The third-order valence-corrected chi connectivity index (χ3v) is 9.32. The number of benzene rings is 4.